The van der Waals surface area contributed by atoms with Gasteiger partial charge in [-0.05, 0) is 28.4 Å². The summed E-state index contributed by atoms with van der Waals surface area (Å²) in [6.45, 7) is 1.96. The predicted octanol–water partition coefficient (Wildman–Crippen LogP) is 0.494. The molecule has 0 aromatic carbocycles. The predicted molar refractivity (Wildman–Crippen MR) is 54.6 cm³/mol. The number of hydrogen-bond acceptors (Lipinski definition) is 3. The van der Waals surface area contributed by atoms with Gasteiger partial charge in [0.15, 0.2) is 0 Å². The van der Waals surface area contributed by atoms with Crippen LogP contribution in [0.25, 0.3) is 0 Å². The van der Waals surface area contributed by atoms with E-state index in [-0.39, 0.29) is 18.7 Å². The molecular formula is C8H11BrN2O2. The third kappa shape index (κ3) is 1.92. The van der Waals surface area contributed by atoms with Crippen molar-refractivity contribution in [1.82, 2.24) is 4.57 Å². The molecule has 0 bridgehead atoms. The highest BCUT2D eigenvalue weighted by Gasteiger charge is 2.07. The molecule has 0 amide bonds. The SMILES string of the molecule is Cc1c(N)cn(CCO)c(=O)c1Br. The second kappa shape index (κ2) is 3.93. The van der Waals surface area contributed by atoms with Crippen molar-refractivity contribution in [3.05, 3.63) is 26.6 Å². The van der Waals surface area contributed by atoms with E-state index in [1.165, 1.54) is 4.57 Å². The zero-order valence-corrected chi connectivity index (χ0v) is 8.84. The molecule has 1 aromatic rings. The van der Waals surface area contributed by atoms with E-state index in [1.807, 2.05) is 0 Å². The highest BCUT2D eigenvalue weighted by Crippen LogP contribution is 2.16. The van der Waals surface area contributed by atoms with Gasteiger partial charge in [-0.15, -0.1) is 0 Å². The van der Waals surface area contributed by atoms with E-state index < -0.39 is 0 Å². The van der Waals surface area contributed by atoms with Crippen molar-refractivity contribution in [3.63, 3.8) is 0 Å². The van der Waals surface area contributed by atoms with Gasteiger partial charge in [-0.2, -0.15) is 0 Å². The van der Waals surface area contributed by atoms with E-state index in [0.29, 0.717) is 10.2 Å². The molecule has 72 valence electrons. The fourth-order valence-electron chi connectivity index (χ4n) is 1.01. The zero-order chi connectivity index (χ0) is 10.0. The summed E-state index contributed by atoms with van der Waals surface area (Å²) in [5, 5.41) is 8.68. The monoisotopic (exact) mass is 246 g/mol. The van der Waals surface area contributed by atoms with Gasteiger partial charge in [-0.1, -0.05) is 0 Å². The first-order chi connectivity index (χ1) is 6.07. The standard InChI is InChI=1S/C8H11BrN2O2/c1-5-6(10)4-11(2-3-12)8(13)7(5)9/h4,12H,2-3,10H2,1H3. The molecule has 0 aliphatic carbocycles. The molecule has 13 heavy (non-hydrogen) atoms. The number of nitrogens with two attached hydrogens (primary N) is 1. The first-order valence-corrected chi connectivity index (χ1v) is 4.63. The molecule has 0 spiro atoms. The van der Waals surface area contributed by atoms with Gasteiger partial charge in [0.25, 0.3) is 5.56 Å². The fraction of sp³-hybridized carbons (Fsp3) is 0.375. The fourth-order valence-corrected chi connectivity index (χ4v) is 1.47. The Morgan fingerprint density at radius 1 is 1.69 bits per heavy atom. The lowest BCUT2D eigenvalue weighted by Crippen LogP contribution is -2.23. The highest BCUT2D eigenvalue weighted by molar-refractivity contribution is 9.10. The quantitative estimate of drug-likeness (QED) is 0.799. The van der Waals surface area contributed by atoms with Crippen LogP contribution in [-0.4, -0.2) is 16.3 Å². The average molecular weight is 247 g/mol. The van der Waals surface area contributed by atoms with E-state index in [1.54, 1.807) is 13.1 Å². The van der Waals surface area contributed by atoms with Crippen molar-refractivity contribution in [2.75, 3.05) is 12.3 Å². The van der Waals surface area contributed by atoms with Crippen molar-refractivity contribution in [2.45, 2.75) is 13.5 Å². The van der Waals surface area contributed by atoms with Crippen molar-refractivity contribution in [3.8, 4) is 0 Å². The van der Waals surface area contributed by atoms with Crippen LogP contribution in [0, 0.1) is 6.92 Å². The number of pyridine rings is 1. The molecule has 0 saturated heterocycles. The van der Waals surface area contributed by atoms with E-state index in [2.05, 4.69) is 15.9 Å². The molecule has 0 aliphatic rings. The largest absolute Gasteiger partial charge is 0.397 e. The molecule has 0 aliphatic heterocycles. The zero-order valence-electron chi connectivity index (χ0n) is 7.25. The van der Waals surface area contributed by atoms with Gasteiger partial charge in [0.1, 0.15) is 0 Å². The van der Waals surface area contributed by atoms with Crippen LogP contribution in [0.1, 0.15) is 5.56 Å². The molecule has 1 aromatic heterocycles. The van der Waals surface area contributed by atoms with Gasteiger partial charge >= 0.3 is 0 Å². The van der Waals surface area contributed by atoms with E-state index >= 15 is 0 Å². The molecule has 0 unspecified atom stereocenters. The maximum absolute atomic E-state index is 11.5. The first-order valence-electron chi connectivity index (χ1n) is 3.83. The van der Waals surface area contributed by atoms with Crippen molar-refractivity contribution in [2.24, 2.45) is 0 Å². The van der Waals surface area contributed by atoms with Gasteiger partial charge in [0.05, 0.1) is 16.8 Å². The first kappa shape index (κ1) is 10.3. The summed E-state index contributed by atoms with van der Waals surface area (Å²) in [4.78, 5) is 11.5. The topological polar surface area (TPSA) is 68.2 Å². The number of halogens is 1. The second-order valence-corrected chi connectivity index (χ2v) is 3.54. The number of nitrogens with zero attached hydrogens (tertiary/aromatic N) is 1. The van der Waals surface area contributed by atoms with Gasteiger partial charge in [0.2, 0.25) is 0 Å². The summed E-state index contributed by atoms with van der Waals surface area (Å²) in [7, 11) is 0. The molecule has 3 N–H and O–H groups in total. The van der Waals surface area contributed by atoms with E-state index in [4.69, 9.17) is 10.8 Å². The Kier molecular flexibility index (Phi) is 3.11. The number of anilines is 1. The summed E-state index contributed by atoms with van der Waals surface area (Å²) < 4.78 is 1.84. The number of aliphatic hydroxyl groups excluding tert-OH is 1. The maximum atomic E-state index is 11.5. The van der Waals surface area contributed by atoms with Crippen LogP contribution in [0.3, 0.4) is 0 Å². The number of aromatic nitrogens is 1. The lowest BCUT2D eigenvalue weighted by molar-refractivity contribution is 0.274. The van der Waals surface area contributed by atoms with Crippen molar-refractivity contribution in [1.29, 1.82) is 0 Å². The molecule has 1 heterocycles. The van der Waals surface area contributed by atoms with Crippen LogP contribution < -0.4 is 11.3 Å². The van der Waals surface area contributed by atoms with E-state index in [0.717, 1.165) is 5.56 Å². The molecule has 5 heteroatoms. The summed E-state index contributed by atoms with van der Waals surface area (Å²) in [5.74, 6) is 0. The Bertz CT molecular complexity index is 373. The Morgan fingerprint density at radius 3 is 2.85 bits per heavy atom. The average Bonchev–Trinajstić information content (AvgIpc) is 2.11. The Morgan fingerprint density at radius 2 is 2.31 bits per heavy atom. The van der Waals surface area contributed by atoms with Crippen LogP contribution in [-0.2, 0) is 6.54 Å². The molecule has 0 atom stereocenters. The van der Waals surface area contributed by atoms with Crippen LogP contribution in [0.4, 0.5) is 5.69 Å². The van der Waals surface area contributed by atoms with Crippen LogP contribution in [0.5, 0.6) is 0 Å². The van der Waals surface area contributed by atoms with E-state index in [9.17, 15) is 4.79 Å². The Hall–Kier alpha value is -0.810. The minimum Gasteiger partial charge on any atom is -0.397 e. The Balaban J connectivity index is 3.33. The normalized spacial score (nSPS) is 10.4. The third-order valence-corrected chi connectivity index (χ3v) is 2.78. The van der Waals surface area contributed by atoms with Crippen LogP contribution in [0.2, 0.25) is 0 Å². The number of nitrogen functional groups attached to an aromatic ring is 1. The van der Waals surface area contributed by atoms with Gasteiger partial charge in [-0.25, -0.2) is 0 Å². The molecule has 0 radical (unpaired) electrons. The molecular weight excluding hydrogens is 236 g/mol. The maximum Gasteiger partial charge on any atom is 0.265 e. The molecule has 0 saturated carbocycles. The van der Waals surface area contributed by atoms with Gasteiger partial charge in [0, 0.05) is 12.7 Å². The Labute approximate surface area is 84.1 Å². The van der Waals surface area contributed by atoms with Crippen molar-refractivity contribution >= 4 is 21.6 Å². The summed E-state index contributed by atoms with van der Waals surface area (Å²) in [6, 6.07) is 0. The number of hydrogen-bond donors (Lipinski definition) is 2. The molecule has 1 rings (SSSR count). The van der Waals surface area contributed by atoms with Crippen LogP contribution in [0.15, 0.2) is 15.5 Å². The van der Waals surface area contributed by atoms with Gasteiger partial charge < -0.3 is 15.4 Å². The third-order valence-electron chi connectivity index (χ3n) is 1.85. The minimum atomic E-state index is -0.166. The summed E-state index contributed by atoms with van der Waals surface area (Å²) in [6.07, 6.45) is 1.54. The summed E-state index contributed by atoms with van der Waals surface area (Å²) >= 11 is 3.16. The van der Waals surface area contributed by atoms with Gasteiger partial charge in [-0.3, -0.25) is 4.79 Å². The molecule has 0 fully saturated rings. The van der Waals surface area contributed by atoms with Crippen LogP contribution >= 0.6 is 15.9 Å². The lowest BCUT2D eigenvalue weighted by atomic mass is 10.2. The molecule has 4 nitrogen and oxygen atoms in total. The smallest absolute Gasteiger partial charge is 0.265 e. The second-order valence-electron chi connectivity index (χ2n) is 2.75. The lowest BCUT2D eigenvalue weighted by Gasteiger charge is -2.08. The minimum absolute atomic E-state index is 0.0746. The highest BCUT2D eigenvalue weighted by atomic mass is 79.9. The number of aliphatic hydroxyl groups is 1. The van der Waals surface area contributed by atoms with Crippen molar-refractivity contribution < 1.29 is 5.11 Å². The summed E-state index contributed by atoms with van der Waals surface area (Å²) in [5.41, 5.74) is 6.76. The number of rotatable bonds is 2.